The van der Waals surface area contributed by atoms with E-state index in [2.05, 4.69) is 15.1 Å². The summed E-state index contributed by atoms with van der Waals surface area (Å²) in [5.41, 5.74) is 5.67. The Labute approximate surface area is 144 Å². The van der Waals surface area contributed by atoms with Gasteiger partial charge in [-0.05, 0) is 31.0 Å². The molecule has 128 valence electrons. The lowest BCUT2D eigenvalue weighted by molar-refractivity contribution is 0.251. The minimum atomic E-state index is -0.512. The zero-order valence-electron chi connectivity index (χ0n) is 13.6. The van der Waals surface area contributed by atoms with E-state index in [-0.39, 0.29) is 6.04 Å². The number of furan rings is 1. The smallest absolute Gasteiger partial charge is 0.320 e. The minimum absolute atomic E-state index is 0.0577. The summed E-state index contributed by atoms with van der Waals surface area (Å²) in [5.74, 6) is 1.92. The SMILES string of the molecule is NC(=O)N(c1cc(-n2cccn2)nc(-c2ccco2)n1)C1CCCC1. The van der Waals surface area contributed by atoms with Crippen LogP contribution in [0.3, 0.4) is 0 Å². The van der Waals surface area contributed by atoms with Gasteiger partial charge < -0.3 is 10.2 Å². The summed E-state index contributed by atoms with van der Waals surface area (Å²) in [5, 5.41) is 4.21. The summed E-state index contributed by atoms with van der Waals surface area (Å²) in [4.78, 5) is 22.7. The van der Waals surface area contributed by atoms with Crippen molar-refractivity contribution in [3.8, 4) is 17.4 Å². The maximum Gasteiger partial charge on any atom is 0.320 e. The zero-order valence-corrected chi connectivity index (χ0v) is 13.6. The van der Waals surface area contributed by atoms with Crippen LogP contribution < -0.4 is 10.6 Å². The number of amides is 2. The lowest BCUT2D eigenvalue weighted by Crippen LogP contribution is -2.43. The Morgan fingerprint density at radius 2 is 2.12 bits per heavy atom. The van der Waals surface area contributed by atoms with Crippen LogP contribution in [0.2, 0.25) is 0 Å². The molecule has 3 heterocycles. The van der Waals surface area contributed by atoms with Gasteiger partial charge in [0, 0.05) is 24.5 Å². The number of anilines is 1. The number of urea groups is 1. The second-order valence-corrected chi connectivity index (χ2v) is 5.98. The third kappa shape index (κ3) is 2.98. The predicted molar refractivity (Wildman–Crippen MR) is 91.2 cm³/mol. The van der Waals surface area contributed by atoms with Crippen molar-refractivity contribution < 1.29 is 9.21 Å². The molecule has 0 spiro atoms. The first-order chi connectivity index (χ1) is 12.2. The van der Waals surface area contributed by atoms with Crippen molar-refractivity contribution in [1.82, 2.24) is 19.7 Å². The molecule has 1 saturated carbocycles. The van der Waals surface area contributed by atoms with E-state index in [1.54, 1.807) is 52.5 Å². The number of hydrogen-bond donors (Lipinski definition) is 1. The van der Waals surface area contributed by atoms with Crippen molar-refractivity contribution in [1.29, 1.82) is 0 Å². The van der Waals surface area contributed by atoms with Crippen LogP contribution in [0.1, 0.15) is 25.7 Å². The first-order valence-electron chi connectivity index (χ1n) is 8.24. The van der Waals surface area contributed by atoms with E-state index < -0.39 is 6.03 Å². The number of carbonyl (C=O) groups is 1. The molecule has 0 aliphatic heterocycles. The van der Waals surface area contributed by atoms with E-state index >= 15 is 0 Å². The first kappa shape index (κ1) is 15.4. The summed E-state index contributed by atoms with van der Waals surface area (Å²) in [6, 6.07) is 6.61. The fourth-order valence-corrected chi connectivity index (χ4v) is 3.23. The van der Waals surface area contributed by atoms with Gasteiger partial charge in [-0.1, -0.05) is 12.8 Å². The molecule has 0 aromatic carbocycles. The number of nitrogens with zero attached hydrogens (tertiary/aromatic N) is 5. The van der Waals surface area contributed by atoms with Gasteiger partial charge in [0.25, 0.3) is 0 Å². The maximum atomic E-state index is 12.1. The molecule has 0 saturated heterocycles. The number of hydrogen-bond acceptors (Lipinski definition) is 5. The third-order valence-electron chi connectivity index (χ3n) is 4.35. The lowest BCUT2D eigenvalue weighted by Gasteiger charge is -2.26. The molecular weight excluding hydrogens is 320 g/mol. The van der Waals surface area contributed by atoms with Gasteiger partial charge in [0.1, 0.15) is 5.82 Å². The Hall–Kier alpha value is -3.16. The van der Waals surface area contributed by atoms with Crippen LogP contribution in [0.15, 0.2) is 47.3 Å². The molecule has 3 aromatic rings. The molecule has 1 fully saturated rings. The second kappa shape index (κ2) is 6.39. The largest absolute Gasteiger partial charge is 0.461 e. The maximum absolute atomic E-state index is 12.1. The minimum Gasteiger partial charge on any atom is -0.461 e. The molecule has 4 rings (SSSR count). The average molecular weight is 338 g/mol. The topological polar surface area (TPSA) is 103 Å². The molecule has 0 atom stereocenters. The number of carbonyl (C=O) groups excluding carboxylic acids is 1. The van der Waals surface area contributed by atoms with E-state index in [1.165, 1.54) is 0 Å². The monoisotopic (exact) mass is 338 g/mol. The Balaban J connectivity index is 1.84. The molecule has 8 nitrogen and oxygen atoms in total. The number of aromatic nitrogens is 4. The lowest BCUT2D eigenvalue weighted by atomic mass is 10.2. The molecule has 1 aliphatic carbocycles. The van der Waals surface area contributed by atoms with Gasteiger partial charge in [-0.3, -0.25) is 4.90 Å². The molecule has 2 amide bonds. The fraction of sp³-hybridized carbons (Fsp3) is 0.294. The van der Waals surface area contributed by atoms with Gasteiger partial charge in [-0.2, -0.15) is 5.10 Å². The van der Waals surface area contributed by atoms with Gasteiger partial charge >= 0.3 is 6.03 Å². The van der Waals surface area contributed by atoms with Crippen LogP contribution in [-0.4, -0.2) is 31.8 Å². The third-order valence-corrected chi connectivity index (χ3v) is 4.35. The van der Waals surface area contributed by atoms with Crippen molar-refractivity contribution in [2.45, 2.75) is 31.7 Å². The standard InChI is InChI=1S/C17H18N6O2/c18-17(24)23(12-5-1-2-6-12)15-11-14(22-9-4-8-19-22)20-16(21-15)13-7-3-10-25-13/h3-4,7-12H,1-2,5-6H2,(H2,18,24). The van der Waals surface area contributed by atoms with Crippen molar-refractivity contribution in [2.24, 2.45) is 5.73 Å². The summed E-state index contributed by atoms with van der Waals surface area (Å²) in [6.07, 6.45) is 8.99. The van der Waals surface area contributed by atoms with E-state index in [4.69, 9.17) is 10.2 Å². The fourth-order valence-electron chi connectivity index (χ4n) is 3.23. The molecule has 0 radical (unpaired) electrons. The predicted octanol–water partition coefficient (Wildman–Crippen LogP) is 2.75. The average Bonchev–Trinajstić information content (AvgIpc) is 3.36. The molecule has 8 heteroatoms. The summed E-state index contributed by atoms with van der Waals surface area (Å²) in [7, 11) is 0. The number of nitrogens with two attached hydrogens (primary N) is 1. The Bertz CT molecular complexity index is 801. The molecule has 0 bridgehead atoms. The van der Waals surface area contributed by atoms with Crippen LogP contribution >= 0.6 is 0 Å². The number of primary amides is 1. The van der Waals surface area contributed by atoms with E-state index in [9.17, 15) is 4.79 Å². The molecule has 2 N–H and O–H groups in total. The highest BCUT2D eigenvalue weighted by Crippen LogP contribution is 2.29. The van der Waals surface area contributed by atoms with Crippen LogP contribution in [0, 0.1) is 0 Å². The van der Waals surface area contributed by atoms with Crippen molar-refractivity contribution >= 4 is 11.8 Å². The van der Waals surface area contributed by atoms with Gasteiger partial charge in [0.2, 0.25) is 0 Å². The van der Waals surface area contributed by atoms with E-state index in [1.807, 2.05) is 0 Å². The van der Waals surface area contributed by atoms with Gasteiger partial charge in [0.15, 0.2) is 17.4 Å². The summed E-state index contributed by atoms with van der Waals surface area (Å²) < 4.78 is 7.04. The van der Waals surface area contributed by atoms with Crippen LogP contribution in [-0.2, 0) is 0 Å². The highest BCUT2D eigenvalue weighted by atomic mass is 16.3. The van der Waals surface area contributed by atoms with Crippen LogP contribution in [0.4, 0.5) is 10.6 Å². The van der Waals surface area contributed by atoms with E-state index in [0.717, 1.165) is 25.7 Å². The summed E-state index contributed by atoms with van der Waals surface area (Å²) >= 11 is 0. The first-order valence-corrected chi connectivity index (χ1v) is 8.24. The normalized spacial score (nSPS) is 14.7. The zero-order chi connectivity index (χ0) is 17.2. The highest BCUT2D eigenvalue weighted by Gasteiger charge is 2.28. The van der Waals surface area contributed by atoms with E-state index in [0.29, 0.717) is 23.2 Å². The van der Waals surface area contributed by atoms with Crippen molar-refractivity contribution in [2.75, 3.05) is 4.90 Å². The van der Waals surface area contributed by atoms with Crippen LogP contribution in [0.25, 0.3) is 17.4 Å². The Morgan fingerprint density at radius 3 is 2.76 bits per heavy atom. The van der Waals surface area contributed by atoms with Gasteiger partial charge in [-0.15, -0.1) is 0 Å². The molecular formula is C17H18N6O2. The van der Waals surface area contributed by atoms with Gasteiger partial charge in [0.05, 0.1) is 6.26 Å². The molecule has 1 aliphatic rings. The number of rotatable bonds is 4. The second-order valence-electron chi connectivity index (χ2n) is 5.98. The van der Waals surface area contributed by atoms with Crippen molar-refractivity contribution in [3.63, 3.8) is 0 Å². The van der Waals surface area contributed by atoms with Gasteiger partial charge in [-0.25, -0.2) is 19.4 Å². The molecule has 3 aromatic heterocycles. The Kier molecular flexibility index (Phi) is 3.93. The molecule has 25 heavy (non-hydrogen) atoms. The van der Waals surface area contributed by atoms with Crippen LogP contribution in [0.5, 0.6) is 0 Å². The highest BCUT2D eigenvalue weighted by molar-refractivity contribution is 5.90. The summed E-state index contributed by atoms with van der Waals surface area (Å²) in [6.45, 7) is 0. The Morgan fingerprint density at radius 1 is 1.28 bits per heavy atom. The quantitative estimate of drug-likeness (QED) is 0.788. The molecule has 0 unspecified atom stereocenters. The van der Waals surface area contributed by atoms with Crippen molar-refractivity contribution in [3.05, 3.63) is 42.9 Å².